The number of hydrogen-bond acceptors (Lipinski definition) is 1. The number of fused-ring (bicyclic) bond motifs is 3. The number of para-hydroxylation sites is 1. The molecule has 2 aromatic heterocycles. The molecule has 2 heterocycles. The van der Waals surface area contributed by atoms with Crippen LogP contribution in [0.5, 0.6) is 0 Å². The van der Waals surface area contributed by atoms with E-state index in [4.69, 9.17) is 12.6 Å². The zero-order valence-corrected chi connectivity index (χ0v) is 20.5. The smallest absolute Gasteiger partial charge is 0.220 e. The van der Waals surface area contributed by atoms with Gasteiger partial charge < -0.3 is 4.42 Å². The van der Waals surface area contributed by atoms with Crippen molar-refractivity contribution in [1.29, 1.82) is 0 Å². The molecule has 4 aromatic carbocycles. The highest BCUT2D eigenvalue weighted by Crippen LogP contribution is 2.40. The maximum Gasteiger partial charge on any atom is 0.220 e. The fourth-order valence-corrected chi connectivity index (χ4v) is 5.17. The molecule has 36 heavy (non-hydrogen) atoms. The van der Waals surface area contributed by atoms with Gasteiger partial charge in [0.1, 0.15) is 18.2 Å². The molecule has 0 aliphatic heterocycles. The van der Waals surface area contributed by atoms with Gasteiger partial charge in [-0.3, -0.25) is 0 Å². The molecule has 0 saturated carbocycles. The van der Waals surface area contributed by atoms with Gasteiger partial charge in [0.2, 0.25) is 5.69 Å². The molecule has 2 nitrogen and oxygen atoms in total. The molecule has 0 unspecified atom stereocenters. The van der Waals surface area contributed by atoms with Gasteiger partial charge in [-0.25, -0.2) is 4.57 Å². The third-order valence-electron chi connectivity index (χ3n) is 7.02. The fourth-order valence-electron chi connectivity index (χ4n) is 5.17. The van der Waals surface area contributed by atoms with Crippen molar-refractivity contribution in [3.63, 3.8) is 0 Å². The number of nitrogens with zero attached hydrogens (tertiary/aromatic N) is 1. The second-order valence-electron chi connectivity index (χ2n) is 9.41. The predicted octanol–water partition coefficient (Wildman–Crippen LogP) is 8.65. The Morgan fingerprint density at radius 2 is 1.47 bits per heavy atom. The number of aromatic nitrogens is 1. The number of hydrogen-bond donors (Lipinski definition) is 0. The highest BCUT2D eigenvalue weighted by atomic mass is 16.3. The lowest BCUT2D eigenvalue weighted by atomic mass is 9.88. The van der Waals surface area contributed by atoms with Gasteiger partial charge >= 0.3 is 0 Å². The number of aryl methyl sites for hydroxylation is 5. The Morgan fingerprint density at radius 3 is 2.22 bits per heavy atom. The molecule has 0 spiro atoms. The van der Waals surface area contributed by atoms with Crippen LogP contribution in [-0.4, -0.2) is 0 Å². The summed E-state index contributed by atoms with van der Waals surface area (Å²) >= 11 is 0. The van der Waals surface area contributed by atoms with E-state index in [1.165, 1.54) is 0 Å². The summed E-state index contributed by atoms with van der Waals surface area (Å²) in [5.74, 6) is 0. The van der Waals surface area contributed by atoms with Crippen molar-refractivity contribution in [2.24, 2.45) is 7.05 Å². The molecule has 0 N–H and O–H groups in total. The first-order valence-corrected chi connectivity index (χ1v) is 12.0. The molecule has 0 radical (unpaired) electrons. The first-order valence-electron chi connectivity index (χ1n) is 15.0. The van der Waals surface area contributed by atoms with Crippen molar-refractivity contribution in [3.8, 4) is 33.5 Å². The first kappa shape index (κ1) is 16.5. The molecule has 0 amide bonds. The van der Waals surface area contributed by atoms with E-state index in [1.54, 1.807) is 12.1 Å². The Hall–Kier alpha value is -4.17. The van der Waals surface area contributed by atoms with Crippen molar-refractivity contribution in [2.75, 3.05) is 0 Å². The molecular formula is C34H30NO+. The van der Waals surface area contributed by atoms with Crippen LogP contribution in [0.1, 0.15) is 30.5 Å². The van der Waals surface area contributed by atoms with E-state index < -0.39 is 13.7 Å². The zero-order chi connectivity index (χ0) is 30.0. The molecule has 6 rings (SSSR count). The lowest BCUT2D eigenvalue weighted by Gasteiger charge is -2.16. The van der Waals surface area contributed by atoms with E-state index in [0.717, 1.165) is 44.2 Å². The maximum atomic E-state index is 8.53. The van der Waals surface area contributed by atoms with Gasteiger partial charge in [-0.2, -0.15) is 0 Å². The molecular weight excluding hydrogens is 438 g/mol. The van der Waals surface area contributed by atoms with E-state index >= 15 is 0 Å². The minimum atomic E-state index is -2.57. The largest absolute Gasteiger partial charge is 0.456 e. The Bertz CT molecular complexity index is 1950. The summed E-state index contributed by atoms with van der Waals surface area (Å²) in [4.78, 5) is 0. The Morgan fingerprint density at radius 1 is 0.722 bits per heavy atom. The van der Waals surface area contributed by atoms with Gasteiger partial charge in [-0.05, 0) is 79.6 Å². The monoisotopic (exact) mass is 474 g/mol. The summed E-state index contributed by atoms with van der Waals surface area (Å²) in [6, 6.07) is 26.4. The summed E-state index contributed by atoms with van der Waals surface area (Å²) in [7, 11) is 1.88. The van der Waals surface area contributed by atoms with Crippen LogP contribution >= 0.6 is 0 Å². The van der Waals surface area contributed by atoms with Gasteiger partial charge in [-0.15, -0.1) is 0 Å². The predicted molar refractivity (Wildman–Crippen MR) is 150 cm³/mol. The van der Waals surface area contributed by atoms with Crippen molar-refractivity contribution >= 4 is 21.9 Å². The van der Waals surface area contributed by atoms with E-state index in [2.05, 4.69) is 0 Å². The Balaban J connectivity index is 1.69. The molecule has 6 aromatic rings. The lowest BCUT2D eigenvalue weighted by molar-refractivity contribution is -0.660. The molecule has 2 heteroatoms. The van der Waals surface area contributed by atoms with Crippen LogP contribution < -0.4 is 4.57 Å². The van der Waals surface area contributed by atoms with Crippen LogP contribution in [-0.2, 0) is 7.05 Å². The summed E-state index contributed by atoms with van der Waals surface area (Å²) in [5.41, 5.74) is 7.06. The van der Waals surface area contributed by atoms with Crippen molar-refractivity contribution in [2.45, 2.75) is 27.6 Å². The molecule has 0 fully saturated rings. The molecule has 0 aliphatic rings. The maximum absolute atomic E-state index is 8.53. The van der Waals surface area contributed by atoms with Crippen LogP contribution in [0.4, 0.5) is 0 Å². The average Bonchev–Trinajstić information content (AvgIpc) is 3.32. The van der Waals surface area contributed by atoms with Crippen molar-refractivity contribution in [3.05, 3.63) is 113 Å². The third-order valence-corrected chi connectivity index (χ3v) is 7.02. The fraction of sp³-hybridized carbons (Fsp3) is 0.147. The second-order valence-corrected chi connectivity index (χ2v) is 9.41. The van der Waals surface area contributed by atoms with Gasteiger partial charge in [0.05, 0.1) is 11.1 Å². The molecule has 0 atom stereocenters. The summed E-state index contributed by atoms with van der Waals surface area (Å²) in [5, 5.41) is 2.00. The summed E-state index contributed by atoms with van der Waals surface area (Å²) < 4.78 is 59.3. The second kappa shape index (κ2) is 8.49. The number of pyridine rings is 1. The molecule has 0 saturated heterocycles. The quantitative estimate of drug-likeness (QED) is 0.235. The van der Waals surface area contributed by atoms with Crippen LogP contribution in [0.2, 0.25) is 0 Å². The Kier molecular flexibility index (Phi) is 3.89. The standard InChI is InChI=1S/C34H30NO/c1-21-12-14-25(15-13-21)26-19-22(2)32(23(3)20-26)30-10-8-18-35(5)33(30)27-16-17-29-28-9-6-7-11-31(28)36-34(29)24(27)4/h6-20H,1-5H3/q+1/i2D3,3D3. The molecule has 0 aliphatic carbocycles. The first-order chi connectivity index (χ1) is 19.8. The minimum absolute atomic E-state index is 0.00150. The van der Waals surface area contributed by atoms with Gasteiger partial charge in [0.25, 0.3) is 0 Å². The van der Waals surface area contributed by atoms with E-state index in [1.807, 2.05) is 104 Å². The number of furan rings is 1. The third kappa shape index (κ3) is 3.53. The molecule has 176 valence electrons. The van der Waals surface area contributed by atoms with Gasteiger partial charge in [-0.1, -0.05) is 60.2 Å². The number of benzene rings is 4. The molecule has 0 bridgehead atoms. The van der Waals surface area contributed by atoms with Crippen LogP contribution in [0.3, 0.4) is 0 Å². The zero-order valence-electron chi connectivity index (χ0n) is 26.5. The van der Waals surface area contributed by atoms with E-state index in [0.29, 0.717) is 16.8 Å². The van der Waals surface area contributed by atoms with Gasteiger partial charge in [0, 0.05) is 30.6 Å². The van der Waals surface area contributed by atoms with Crippen molar-refractivity contribution in [1.82, 2.24) is 0 Å². The van der Waals surface area contributed by atoms with E-state index in [-0.39, 0.29) is 16.7 Å². The average molecular weight is 475 g/mol. The minimum Gasteiger partial charge on any atom is -0.456 e. The van der Waals surface area contributed by atoms with Crippen LogP contribution in [0.15, 0.2) is 95.5 Å². The lowest BCUT2D eigenvalue weighted by Crippen LogP contribution is -2.31. The highest BCUT2D eigenvalue weighted by molar-refractivity contribution is 6.07. The Labute approximate surface area is 220 Å². The SMILES string of the molecule is [2H]C([2H])([2H])c1cc(-c2ccc(C)cc2)cc(C([2H])([2H])[2H])c1-c1ccc[n+](C)c1-c1ccc2c(oc3ccccc32)c1C. The van der Waals surface area contributed by atoms with Crippen molar-refractivity contribution < 1.29 is 17.2 Å². The van der Waals surface area contributed by atoms with Crippen LogP contribution in [0, 0.1) is 27.6 Å². The number of rotatable bonds is 3. The summed E-state index contributed by atoms with van der Waals surface area (Å²) in [6.45, 7) is -1.19. The highest BCUT2D eigenvalue weighted by Gasteiger charge is 2.24. The summed E-state index contributed by atoms with van der Waals surface area (Å²) in [6.07, 6.45) is 1.88. The topological polar surface area (TPSA) is 17.0 Å². The van der Waals surface area contributed by atoms with Gasteiger partial charge in [0.15, 0.2) is 6.20 Å². The normalized spacial score (nSPS) is 14.6. The van der Waals surface area contributed by atoms with E-state index in [9.17, 15) is 0 Å². The van der Waals surface area contributed by atoms with Crippen LogP contribution in [0.25, 0.3) is 55.4 Å².